The van der Waals surface area contributed by atoms with Crippen LogP contribution in [0, 0.1) is 5.82 Å². The highest BCUT2D eigenvalue weighted by atomic mass is 35.5. The van der Waals surface area contributed by atoms with Gasteiger partial charge >= 0.3 is 0 Å². The Balaban J connectivity index is 3.17. The van der Waals surface area contributed by atoms with Crippen LogP contribution in [0.2, 0.25) is 5.02 Å². The summed E-state index contributed by atoms with van der Waals surface area (Å²) in [4.78, 5) is 0. The van der Waals surface area contributed by atoms with E-state index in [2.05, 4.69) is 0 Å². The molecule has 0 saturated carbocycles. The van der Waals surface area contributed by atoms with Crippen molar-refractivity contribution in [3.8, 4) is 0 Å². The van der Waals surface area contributed by atoms with E-state index in [1.165, 1.54) is 6.07 Å². The van der Waals surface area contributed by atoms with E-state index < -0.39 is 0 Å². The highest BCUT2D eigenvalue weighted by Gasteiger charge is 2.25. The van der Waals surface area contributed by atoms with Gasteiger partial charge in [0.2, 0.25) is 0 Å². The van der Waals surface area contributed by atoms with Gasteiger partial charge in [-0.25, -0.2) is 4.39 Å². The molecule has 0 aromatic heterocycles. The third-order valence-electron chi connectivity index (χ3n) is 2.41. The number of hydrogen-bond donors (Lipinski definition) is 1. The molecule has 0 bridgehead atoms. The second kappa shape index (κ2) is 4.28. The molecule has 1 aromatic carbocycles. The predicted molar refractivity (Wildman–Crippen MR) is 58.1 cm³/mol. The van der Waals surface area contributed by atoms with Crippen LogP contribution in [-0.2, 0) is 5.41 Å². The predicted octanol–water partition coefficient (Wildman–Crippen LogP) is 3.11. The van der Waals surface area contributed by atoms with Crippen LogP contribution in [0.3, 0.4) is 0 Å². The van der Waals surface area contributed by atoms with Gasteiger partial charge in [-0.15, -0.1) is 0 Å². The molecule has 1 rings (SSSR count). The van der Waals surface area contributed by atoms with Gasteiger partial charge in [-0.1, -0.05) is 31.5 Å². The number of rotatable bonds is 3. The Morgan fingerprint density at radius 2 is 2.07 bits per heavy atom. The first-order valence-electron chi connectivity index (χ1n) is 4.63. The van der Waals surface area contributed by atoms with Gasteiger partial charge in [-0.05, 0) is 30.5 Å². The van der Waals surface area contributed by atoms with Gasteiger partial charge in [0.25, 0.3) is 0 Å². The lowest BCUT2D eigenvalue weighted by Crippen LogP contribution is -2.23. The molecule has 78 valence electrons. The second-order valence-corrected chi connectivity index (χ2v) is 4.43. The maximum Gasteiger partial charge on any atom is 0.128 e. The third-order valence-corrected chi connectivity index (χ3v) is 2.72. The van der Waals surface area contributed by atoms with Gasteiger partial charge in [0.05, 0.1) is 0 Å². The van der Waals surface area contributed by atoms with E-state index in [1.807, 2.05) is 13.8 Å². The van der Waals surface area contributed by atoms with Crippen molar-refractivity contribution in [3.63, 3.8) is 0 Å². The molecule has 2 N–H and O–H groups in total. The lowest BCUT2D eigenvalue weighted by molar-refractivity contribution is 0.456. The number of nitrogens with two attached hydrogens (primary N) is 1. The molecule has 0 radical (unpaired) electrons. The minimum Gasteiger partial charge on any atom is -0.330 e. The highest BCUT2D eigenvalue weighted by Crippen LogP contribution is 2.34. The zero-order valence-corrected chi connectivity index (χ0v) is 9.24. The molecule has 0 saturated heterocycles. The van der Waals surface area contributed by atoms with Gasteiger partial charge in [0.15, 0.2) is 0 Å². The fourth-order valence-corrected chi connectivity index (χ4v) is 2.05. The molecule has 0 aliphatic carbocycles. The molecule has 3 heteroatoms. The minimum absolute atomic E-state index is 0.254. The van der Waals surface area contributed by atoms with E-state index in [9.17, 15) is 4.39 Å². The van der Waals surface area contributed by atoms with E-state index in [-0.39, 0.29) is 11.2 Å². The van der Waals surface area contributed by atoms with Crippen molar-refractivity contribution in [2.24, 2.45) is 5.73 Å². The second-order valence-electron chi connectivity index (χ2n) is 4.02. The van der Waals surface area contributed by atoms with Gasteiger partial charge in [0.1, 0.15) is 5.82 Å². The van der Waals surface area contributed by atoms with Crippen LogP contribution in [-0.4, -0.2) is 6.54 Å². The van der Waals surface area contributed by atoms with Gasteiger partial charge in [-0.3, -0.25) is 0 Å². The summed E-state index contributed by atoms with van der Waals surface area (Å²) in [6.07, 6.45) is 0.716. The van der Waals surface area contributed by atoms with Gasteiger partial charge in [0, 0.05) is 10.6 Å². The molecule has 0 aliphatic heterocycles. The Hall–Kier alpha value is -0.600. The largest absolute Gasteiger partial charge is 0.330 e. The summed E-state index contributed by atoms with van der Waals surface area (Å²) in [6.45, 7) is 4.42. The summed E-state index contributed by atoms with van der Waals surface area (Å²) in [5.74, 6) is -0.254. The first-order chi connectivity index (χ1) is 6.49. The van der Waals surface area contributed by atoms with Crippen LogP contribution in [0.5, 0.6) is 0 Å². The summed E-state index contributed by atoms with van der Waals surface area (Å²) >= 11 is 5.97. The molecule has 14 heavy (non-hydrogen) atoms. The van der Waals surface area contributed by atoms with E-state index in [0.717, 1.165) is 0 Å². The fraction of sp³-hybridized carbons (Fsp3) is 0.455. The molecule has 0 unspecified atom stereocenters. The molecule has 0 spiro atoms. The van der Waals surface area contributed by atoms with Crippen LogP contribution in [0.15, 0.2) is 18.2 Å². The fourth-order valence-electron chi connectivity index (χ4n) is 1.63. The van der Waals surface area contributed by atoms with E-state index >= 15 is 0 Å². The first kappa shape index (κ1) is 11.5. The van der Waals surface area contributed by atoms with Gasteiger partial charge in [-0.2, -0.15) is 0 Å². The molecule has 0 amide bonds. The average molecular weight is 216 g/mol. The molecule has 0 aliphatic rings. The molecule has 1 aromatic rings. The Bertz CT molecular complexity index is 303. The van der Waals surface area contributed by atoms with Crippen LogP contribution in [0.25, 0.3) is 0 Å². The Morgan fingerprint density at radius 1 is 1.43 bits per heavy atom. The Labute approximate surface area is 89.1 Å². The van der Waals surface area contributed by atoms with Crippen molar-refractivity contribution in [2.45, 2.75) is 25.7 Å². The smallest absolute Gasteiger partial charge is 0.128 e. The summed E-state index contributed by atoms with van der Waals surface area (Å²) in [7, 11) is 0. The van der Waals surface area contributed by atoms with Crippen LogP contribution < -0.4 is 5.73 Å². The van der Waals surface area contributed by atoms with E-state index in [4.69, 9.17) is 17.3 Å². The third kappa shape index (κ3) is 2.25. The summed E-state index contributed by atoms with van der Waals surface area (Å²) in [5, 5.41) is 0.475. The zero-order chi connectivity index (χ0) is 10.8. The topological polar surface area (TPSA) is 26.0 Å². The SMILES string of the molecule is CC(C)(CCN)c1c(F)cccc1Cl. The number of benzene rings is 1. The Morgan fingerprint density at radius 3 is 2.57 bits per heavy atom. The highest BCUT2D eigenvalue weighted by molar-refractivity contribution is 6.31. The molecular weight excluding hydrogens is 201 g/mol. The molecule has 0 heterocycles. The number of hydrogen-bond acceptors (Lipinski definition) is 1. The van der Waals surface area contributed by atoms with Crippen molar-refractivity contribution >= 4 is 11.6 Å². The number of halogens is 2. The minimum atomic E-state index is -0.308. The Kier molecular flexibility index (Phi) is 3.51. The zero-order valence-electron chi connectivity index (χ0n) is 8.48. The van der Waals surface area contributed by atoms with E-state index in [1.54, 1.807) is 12.1 Å². The molecule has 0 atom stereocenters. The summed E-state index contributed by atoms with van der Waals surface area (Å²) in [6, 6.07) is 4.75. The normalized spacial score (nSPS) is 11.8. The summed E-state index contributed by atoms with van der Waals surface area (Å²) < 4.78 is 13.5. The maximum atomic E-state index is 13.5. The lowest BCUT2D eigenvalue weighted by Gasteiger charge is -2.26. The maximum absolute atomic E-state index is 13.5. The standard InChI is InChI=1S/C11H15ClFN/c1-11(2,6-7-14)10-8(12)4-3-5-9(10)13/h3-5H,6-7,14H2,1-2H3. The average Bonchev–Trinajstić information content (AvgIpc) is 2.02. The van der Waals surface area contributed by atoms with E-state index in [0.29, 0.717) is 23.6 Å². The van der Waals surface area contributed by atoms with Gasteiger partial charge < -0.3 is 5.73 Å². The monoisotopic (exact) mass is 215 g/mol. The van der Waals surface area contributed by atoms with Crippen LogP contribution in [0.4, 0.5) is 4.39 Å². The van der Waals surface area contributed by atoms with Crippen molar-refractivity contribution in [2.75, 3.05) is 6.54 Å². The lowest BCUT2D eigenvalue weighted by atomic mass is 9.81. The van der Waals surface area contributed by atoms with Crippen LogP contribution in [0.1, 0.15) is 25.8 Å². The molecular formula is C11H15ClFN. The van der Waals surface area contributed by atoms with Crippen molar-refractivity contribution in [3.05, 3.63) is 34.6 Å². The quantitative estimate of drug-likeness (QED) is 0.824. The molecule has 1 nitrogen and oxygen atoms in total. The van der Waals surface area contributed by atoms with Crippen molar-refractivity contribution in [1.29, 1.82) is 0 Å². The van der Waals surface area contributed by atoms with Crippen LogP contribution >= 0.6 is 11.6 Å². The van der Waals surface area contributed by atoms with Crippen molar-refractivity contribution < 1.29 is 4.39 Å². The molecule has 0 fully saturated rings. The first-order valence-corrected chi connectivity index (χ1v) is 5.01. The summed E-state index contributed by atoms with van der Waals surface area (Å²) in [5.41, 5.74) is 5.74. The van der Waals surface area contributed by atoms with Crippen molar-refractivity contribution in [1.82, 2.24) is 0 Å².